The second-order valence-corrected chi connectivity index (χ2v) is 11.3. The van der Waals surface area contributed by atoms with Crippen LogP contribution in [0, 0.1) is 0 Å². The van der Waals surface area contributed by atoms with Gasteiger partial charge in [-0.3, -0.25) is 4.57 Å². The minimum atomic E-state index is -4.41. The van der Waals surface area contributed by atoms with Crippen LogP contribution in [0.4, 0.5) is 0 Å². The van der Waals surface area contributed by atoms with Crippen molar-refractivity contribution in [1.29, 1.82) is 0 Å². The van der Waals surface area contributed by atoms with Crippen LogP contribution < -0.4 is 4.89 Å². The number of phosphoric acid groups is 1. The van der Waals surface area contributed by atoms with Crippen LogP contribution in [0.3, 0.4) is 0 Å². The van der Waals surface area contributed by atoms with Gasteiger partial charge in [-0.2, -0.15) is 0 Å². The molecule has 2 unspecified atom stereocenters. The summed E-state index contributed by atoms with van der Waals surface area (Å²) < 4.78 is 27.2. The molecule has 0 saturated carbocycles. The van der Waals surface area contributed by atoms with Gasteiger partial charge in [-0.25, -0.2) is 0 Å². The molecule has 0 aromatic heterocycles. The highest BCUT2D eigenvalue weighted by atomic mass is 31.2. The SMILES string of the molecule is CC/C=C\C/C=C\C/C=C\C/C=C\C/C=C\C/C=C\CCCOCC(O)COP(=O)([O-])OCC[N+](C)(C)C. The van der Waals surface area contributed by atoms with Crippen molar-refractivity contribution < 1.29 is 32.8 Å². The summed E-state index contributed by atoms with van der Waals surface area (Å²) in [5, 5.41) is 9.83. The smallest absolute Gasteiger partial charge is 0.268 e. The molecule has 0 radical (unpaired) electrons. The second kappa shape index (κ2) is 24.5. The van der Waals surface area contributed by atoms with E-state index < -0.39 is 13.9 Å². The Balaban J connectivity index is 3.65. The molecule has 8 heteroatoms. The minimum absolute atomic E-state index is 0.0165. The zero-order chi connectivity index (χ0) is 28.4. The first kappa shape index (κ1) is 36.4. The van der Waals surface area contributed by atoms with E-state index in [-0.39, 0.29) is 19.8 Å². The van der Waals surface area contributed by atoms with Gasteiger partial charge in [0.1, 0.15) is 19.3 Å². The number of rotatable bonds is 24. The molecule has 0 aliphatic carbocycles. The van der Waals surface area contributed by atoms with Gasteiger partial charge in [0.15, 0.2) is 0 Å². The molecule has 0 bridgehead atoms. The molecule has 218 valence electrons. The van der Waals surface area contributed by atoms with E-state index in [4.69, 9.17) is 13.8 Å². The molecule has 2 atom stereocenters. The Labute approximate surface area is 232 Å². The summed E-state index contributed by atoms with van der Waals surface area (Å²) in [6, 6.07) is 0. The van der Waals surface area contributed by atoms with Crippen LogP contribution in [0.5, 0.6) is 0 Å². The van der Waals surface area contributed by atoms with Crippen molar-refractivity contribution in [3.8, 4) is 0 Å². The number of phosphoric ester groups is 1. The first-order valence-electron chi connectivity index (χ1n) is 13.7. The van der Waals surface area contributed by atoms with Crippen LogP contribution in [0.2, 0.25) is 0 Å². The summed E-state index contributed by atoms with van der Waals surface area (Å²) in [7, 11) is 1.39. The summed E-state index contributed by atoms with van der Waals surface area (Å²) in [5.74, 6) is 0. The molecule has 0 amide bonds. The minimum Gasteiger partial charge on any atom is -0.756 e. The Morgan fingerprint density at radius 2 is 1.21 bits per heavy atom. The normalized spacial score (nSPS) is 15.8. The van der Waals surface area contributed by atoms with Gasteiger partial charge in [0.25, 0.3) is 7.82 Å². The first-order valence-corrected chi connectivity index (χ1v) is 15.2. The lowest BCUT2D eigenvalue weighted by molar-refractivity contribution is -0.870. The fraction of sp³-hybridized carbons (Fsp3) is 0.600. The maximum Gasteiger partial charge on any atom is 0.268 e. The van der Waals surface area contributed by atoms with Crippen molar-refractivity contribution in [1.82, 2.24) is 0 Å². The van der Waals surface area contributed by atoms with Gasteiger partial charge in [-0.15, -0.1) is 0 Å². The predicted octanol–water partition coefficient (Wildman–Crippen LogP) is 6.05. The van der Waals surface area contributed by atoms with Gasteiger partial charge in [-0.1, -0.05) is 79.8 Å². The predicted molar refractivity (Wildman–Crippen MR) is 157 cm³/mol. The van der Waals surface area contributed by atoms with E-state index >= 15 is 0 Å². The highest BCUT2D eigenvalue weighted by Gasteiger charge is 2.15. The standard InChI is InChI=1S/C30H52NO6P/c1-5-6-7-8-9-10-11-12-13-14-15-16-17-18-19-20-21-22-23-24-26-35-28-30(32)29-37-38(33,34)36-27-25-31(2,3)4/h6-7,9-10,12-13,15-16,18-19,21-22,30,32H,5,8,11,14,17,20,23-29H2,1-4H3/b7-6-,10-9-,13-12-,16-15-,19-18-,22-21-. The van der Waals surface area contributed by atoms with E-state index in [1.54, 1.807) is 0 Å². The molecular formula is C30H52NO6P. The summed E-state index contributed by atoms with van der Waals surface area (Å²) in [6.45, 7) is 2.83. The van der Waals surface area contributed by atoms with Crippen LogP contribution in [0.1, 0.15) is 58.3 Å². The lowest BCUT2D eigenvalue weighted by Gasteiger charge is -2.27. The van der Waals surface area contributed by atoms with Crippen molar-refractivity contribution in [2.75, 3.05) is 54.1 Å². The number of likely N-dealkylation sites (N-methyl/N-ethyl adjacent to an activating group) is 1. The number of allylic oxidation sites excluding steroid dienone is 12. The van der Waals surface area contributed by atoms with Crippen LogP contribution >= 0.6 is 7.82 Å². The molecule has 0 rings (SSSR count). The van der Waals surface area contributed by atoms with Gasteiger partial charge >= 0.3 is 0 Å². The van der Waals surface area contributed by atoms with Crippen LogP contribution in [-0.2, 0) is 18.3 Å². The largest absolute Gasteiger partial charge is 0.756 e. The topological polar surface area (TPSA) is 88.0 Å². The molecule has 0 aromatic rings. The molecule has 1 N–H and O–H groups in total. The number of quaternary nitrogens is 1. The number of aliphatic hydroxyl groups is 1. The molecular weight excluding hydrogens is 501 g/mol. The number of ether oxygens (including phenoxy) is 1. The Hall–Kier alpha value is -1.57. The van der Waals surface area contributed by atoms with Crippen molar-refractivity contribution in [3.63, 3.8) is 0 Å². The first-order chi connectivity index (χ1) is 18.2. The van der Waals surface area contributed by atoms with Crippen LogP contribution in [0.15, 0.2) is 72.9 Å². The van der Waals surface area contributed by atoms with Gasteiger partial charge < -0.3 is 28.3 Å². The fourth-order valence-corrected chi connectivity index (χ4v) is 3.59. The molecule has 0 aliphatic heterocycles. The molecule has 0 heterocycles. The van der Waals surface area contributed by atoms with Gasteiger partial charge in [0.05, 0.1) is 34.4 Å². The monoisotopic (exact) mass is 553 g/mol. The molecule has 7 nitrogen and oxygen atoms in total. The zero-order valence-electron chi connectivity index (χ0n) is 24.1. The Bertz CT molecular complexity index is 780. The highest BCUT2D eigenvalue weighted by molar-refractivity contribution is 7.45. The average molecular weight is 554 g/mol. The van der Waals surface area contributed by atoms with Crippen molar-refractivity contribution in [2.45, 2.75) is 64.4 Å². The zero-order valence-corrected chi connectivity index (χ0v) is 25.0. The van der Waals surface area contributed by atoms with Crippen LogP contribution in [-0.4, -0.2) is 69.8 Å². The number of hydrogen-bond acceptors (Lipinski definition) is 6. The van der Waals surface area contributed by atoms with Gasteiger partial charge in [0.2, 0.25) is 0 Å². The van der Waals surface area contributed by atoms with E-state index in [2.05, 4.69) is 79.8 Å². The van der Waals surface area contributed by atoms with Crippen molar-refractivity contribution in [2.24, 2.45) is 0 Å². The van der Waals surface area contributed by atoms with E-state index in [1.807, 2.05) is 21.1 Å². The Morgan fingerprint density at radius 3 is 1.68 bits per heavy atom. The number of unbranched alkanes of at least 4 members (excludes halogenated alkanes) is 1. The third-order valence-electron chi connectivity index (χ3n) is 5.00. The number of aliphatic hydroxyl groups excluding tert-OH is 1. The summed E-state index contributed by atoms with van der Waals surface area (Å²) in [6.07, 6.45) is 32.7. The highest BCUT2D eigenvalue weighted by Crippen LogP contribution is 2.38. The molecule has 0 spiro atoms. The maximum absolute atomic E-state index is 11.7. The van der Waals surface area contributed by atoms with Gasteiger partial charge in [-0.05, 0) is 51.4 Å². The van der Waals surface area contributed by atoms with Crippen LogP contribution in [0.25, 0.3) is 0 Å². The number of hydrogen-bond donors (Lipinski definition) is 1. The van der Waals surface area contributed by atoms with Crippen molar-refractivity contribution in [3.05, 3.63) is 72.9 Å². The Morgan fingerprint density at radius 1 is 0.737 bits per heavy atom. The lowest BCUT2D eigenvalue weighted by Crippen LogP contribution is -2.37. The lowest BCUT2D eigenvalue weighted by atomic mass is 10.2. The van der Waals surface area contributed by atoms with E-state index in [0.717, 1.165) is 51.4 Å². The third kappa shape index (κ3) is 29.0. The van der Waals surface area contributed by atoms with Crippen molar-refractivity contribution >= 4 is 7.82 Å². The molecule has 0 saturated heterocycles. The van der Waals surface area contributed by atoms with E-state index in [0.29, 0.717) is 17.6 Å². The molecule has 0 fully saturated rings. The molecule has 0 aromatic carbocycles. The van der Waals surface area contributed by atoms with E-state index in [9.17, 15) is 14.6 Å². The third-order valence-corrected chi connectivity index (χ3v) is 5.97. The summed E-state index contributed by atoms with van der Waals surface area (Å²) in [4.78, 5) is 11.7. The quantitative estimate of drug-likeness (QED) is 0.0678. The fourth-order valence-electron chi connectivity index (χ4n) is 2.85. The summed E-state index contributed by atoms with van der Waals surface area (Å²) in [5.41, 5.74) is 0. The Kier molecular flexibility index (Phi) is 23.5. The number of nitrogens with zero attached hydrogens (tertiary/aromatic N) is 1. The average Bonchev–Trinajstić information content (AvgIpc) is 2.85. The molecule has 0 aliphatic rings. The van der Waals surface area contributed by atoms with Gasteiger partial charge in [0, 0.05) is 6.61 Å². The molecule has 38 heavy (non-hydrogen) atoms. The second-order valence-electron chi connectivity index (χ2n) is 9.88. The summed E-state index contributed by atoms with van der Waals surface area (Å²) >= 11 is 0. The maximum atomic E-state index is 11.7. The van der Waals surface area contributed by atoms with E-state index in [1.165, 1.54) is 0 Å².